The molecule has 0 spiro atoms. The van der Waals surface area contributed by atoms with Crippen molar-refractivity contribution in [1.29, 1.82) is 0 Å². The largest absolute Gasteiger partial charge is 0.0817 e. The first-order valence-electron chi connectivity index (χ1n) is 36.2. The van der Waals surface area contributed by atoms with Gasteiger partial charge in [0.2, 0.25) is 0 Å². The summed E-state index contributed by atoms with van der Waals surface area (Å²) in [5.74, 6) is 23.3. The maximum atomic E-state index is 3.02. The smallest absolute Gasteiger partial charge is 0.0200 e. The maximum absolute atomic E-state index is 3.02. The minimum absolute atomic E-state index is 0.918. The summed E-state index contributed by atoms with van der Waals surface area (Å²) in [6, 6.07) is 0. The highest BCUT2D eigenvalue weighted by Gasteiger charge is 2.59. The van der Waals surface area contributed by atoms with Crippen molar-refractivity contribution < 1.29 is 0 Å². The zero-order chi connectivity index (χ0) is 49.2. The van der Waals surface area contributed by atoms with E-state index in [0.717, 1.165) is 130 Å². The van der Waals surface area contributed by atoms with E-state index in [4.69, 9.17) is 0 Å². The Morgan fingerprint density at radius 1 is 0.176 bits per heavy atom. The zero-order valence-corrected chi connectivity index (χ0v) is 48.8. The van der Waals surface area contributed by atoms with Crippen LogP contribution in [-0.4, -0.2) is 0 Å². The van der Waals surface area contributed by atoms with Gasteiger partial charge in [-0.15, -0.1) is 0 Å². The van der Waals surface area contributed by atoms with Crippen molar-refractivity contribution in [3.63, 3.8) is 0 Å². The lowest BCUT2D eigenvalue weighted by molar-refractivity contribution is -0.152. The Labute approximate surface area is 459 Å². The first-order chi connectivity index (χ1) is 36.7. The van der Waals surface area contributed by atoms with Gasteiger partial charge in [-0.05, 0) is 310 Å². The Kier molecular flexibility index (Phi) is 17.9. The molecule has 0 aromatic carbocycles. The number of fused-ring (bicyclic) bond motifs is 4. The fourth-order valence-corrected chi connectivity index (χ4v) is 25.4. The van der Waals surface area contributed by atoms with Crippen LogP contribution in [0.1, 0.15) is 308 Å². The predicted octanol–water partition coefficient (Wildman–Crippen LogP) is 22.3. The first-order valence-corrected chi connectivity index (χ1v) is 36.2. The number of rotatable bonds is 10. The third-order valence-electron chi connectivity index (χ3n) is 28.3. The van der Waals surface area contributed by atoms with E-state index in [-0.39, 0.29) is 0 Å². The molecule has 0 N–H and O–H groups in total. The maximum Gasteiger partial charge on any atom is -0.0200 e. The molecule has 0 heterocycles. The standard InChI is InChI=1S/C74H120/c1-5-21-53(22-6-1)71(54-23-7-2-8-24-54)49-51-37-41-57(42-38-51)59-45-47-69(63-31-15-13-29-61(59)63)73-65-33-17-19-35-67(65)74(68-36-20-18-34-66(68)73)70-48-46-60(62-30-14-16-32-64(62)70)58-43-39-52(40-44-58)50-72(55-25-9-3-10-26-55)56-27-11-4-12-28-56/h49-70,73-74H,1-48H2. The molecule has 0 aromatic heterocycles. The van der Waals surface area contributed by atoms with Crippen molar-refractivity contribution in [2.75, 3.05) is 0 Å². The average molecular weight is 1010 g/mol. The summed E-state index contributed by atoms with van der Waals surface area (Å²) in [6.45, 7) is 0. The summed E-state index contributed by atoms with van der Waals surface area (Å²) in [5.41, 5.74) is 4.05. The SMILES string of the molecule is C(=C(C1CCCCC1)C1CCCCC1)C1CCC(C2CCC(C3C4CCCCC4C(C4CCC(C5CCC(C=C(C6CCCCC6)C6CCCCC6)CC5)C5CCCCC54)C4CCCCC43)C3CCCCC23)CC1. The Balaban J connectivity index is 0.685. The monoisotopic (exact) mass is 1010 g/mol. The van der Waals surface area contributed by atoms with Gasteiger partial charge in [0.25, 0.3) is 0 Å². The molecular formula is C74H120. The predicted molar refractivity (Wildman–Crippen MR) is 315 cm³/mol. The molecule has 0 bridgehead atoms. The Hall–Kier alpha value is -0.520. The van der Waals surface area contributed by atoms with Crippen molar-refractivity contribution in [2.45, 2.75) is 308 Å². The van der Waals surface area contributed by atoms with Crippen molar-refractivity contribution in [1.82, 2.24) is 0 Å². The third kappa shape index (κ3) is 11.3. The van der Waals surface area contributed by atoms with E-state index in [1.165, 1.54) is 128 Å². The molecule has 0 radical (unpaired) electrons. The summed E-state index contributed by atoms with van der Waals surface area (Å²) in [5, 5.41) is 0. The van der Waals surface area contributed by atoms with E-state index in [0.29, 0.717) is 0 Å². The average Bonchev–Trinajstić information content (AvgIpc) is 3.49. The summed E-state index contributed by atoms with van der Waals surface area (Å²) >= 11 is 0. The molecule has 0 nitrogen and oxygen atoms in total. The molecule has 416 valence electrons. The van der Waals surface area contributed by atoms with E-state index in [2.05, 4.69) is 12.2 Å². The molecular weight excluding hydrogens is 889 g/mol. The minimum Gasteiger partial charge on any atom is -0.0817 e. The van der Waals surface area contributed by atoms with Crippen LogP contribution in [0.2, 0.25) is 0 Å². The van der Waals surface area contributed by atoms with Crippen LogP contribution >= 0.6 is 0 Å². The first kappa shape index (κ1) is 52.8. The molecule has 13 aliphatic rings. The van der Waals surface area contributed by atoms with Crippen LogP contribution in [0.3, 0.4) is 0 Å². The normalized spacial score (nSPS) is 45.5. The second kappa shape index (κ2) is 25.1. The van der Waals surface area contributed by atoms with E-state index >= 15 is 0 Å². The molecule has 13 saturated carbocycles. The van der Waals surface area contributed by atoms with Crippen LogP contribution in [0, 0.1) is 130 Å². The molecule has 13 rings (SSSR count). The molecule has 0 aliphatic heterocycles. The van der Waals surface area contributed by atoms with Crippen LogP contribution in [0.15, 0.2) is 23.3 Å². The second-order valence-electron chi connectivity index (χ2n) is 31.4. The van der Waals surface area contributed by atoms with Crippen molar-refractivity contribution in [3.05, 3.63) is 23.3 Å². The molecule has 0 amide bonds. The van der Waals surface area contributed by atoms with E-state index in [1.807, 2.05) is 11.1 Å². The van der Waals surface area contributed by atoms with Crippen LogP contribution in [-0.2, 0) is 0 Å². The topological polar surface area (TPSA) is 0 Å². The van der Waals surface area contributed by atoms with Gasteiger partial charge in [0, 0.05) is 0 Å². The van der Waals surface area contributed by atoms with Crippen molar-refractivity contribution >= 4 is 0 Å². The summed E-state index contributed by atoms with van der Waals surface area (Å²) in [7, 11) is 0. The lowest BCUT2D eigenvalue weighted by Crippen LogP contribution is -2.57. The van der Waals surface area contributed by atoms with Crippen LogP contribution < -0.4 is 0 Å². The van der Waals surface area contributed by atoms with Gasteiger partial charge in [-0.3, -0.25) is 0 Å². The quantitative estimate of drug-likeness (QED) is 0.191. The lowest BCUT2D eigenvalue weighted by Gasteiger charge is -2.64. The summed E-state index contributed by atoms with van der Waals surface area (Å²) in [4.78, 5) is 0. The van der Waals surface area contributed by atoms with Crippen LogP contribution in [0.4, 0.5) is 0 Å². The van der Waals surface area contributed by atoms with Crippen molar-refractivity contribution in [3.8, 4) is 0 Å². The Morgan fingerprint density at radius 3 is 0.676 bits per heavy atom. The number of hydrogen-bond donors (Lipinski definition) is 0. The molecule has 0 aromatic rings. The highest BCUT2D eigenvalue weighted by molar-refractivity contribution is 5.17. The highest BCUT2D eigenvalue weighted by Crippen LogP contribution is 2.67. The highest BCUT2D eigenvalue weighted by atomic mass is 14.6. The van der Waals surface area contributed by atoms with Gasteiger partial charge in [-0.2, -0.15) is 0 Å². The minimum atomic E-state index is 0.918. The van der Waals surface area contributed by atoms with E-state index in [9.17, 15) is 0 Å². The number of hydrogen-bond acceptors (Lipinski definition) is 0. The second-order valence-corrected chi connectivity index (χ2v) is 31.4. The molecule has 13 aliphatic carbocycles. The van der Waals surface area contributed by atoms with Gasteiger partial charge < -0.3 is 0 Å². The van der Waals surface area contributed by atoms with Gasteiger partial charge in [0.05, 0.1) is 0 Å². The van der Waals surface area contributed by atoms with Crippen LogP contribution in [0.5, 0.6) is 0 Å². The Morgan fingerprint density at radius 2 is 0.392 bits per heavy atom. The van der Waals surface area contributed by atoms with Gasteiger partial charge in [0.15, 0.2) is 0 Å². The molecule has 12 unspecified atom stereocenters. The molecule has 0 heteroatoms. The van der Waals surface area contributed by atoms with E-state index in [1.54, 1.807) is 180 Å². The van der Waals surface area contributed by atoms with Gasteiger partial charge in [-0.25, -0.2) is 0 Å². The van der Waals surface area contributed by atoms with Gasteiger partial charge in [0.1, 0.15) is 0 Å². The van der Waals surface area contributed by atoms with Gasteiger partial charge >= 0.3 is 0 Å². The van der Waals surface area contributed by atoms with Crippen LogP contribution in [0.25, 0.3) is 0 Å². The van der Waals surface area contributed by atoms with Gasteiger partial charge in [-0.1, -0.05) is 152 Å². The summed E-state index contributed by atoms with van der Waals surface area (Å²) in [6.07, 6.45) is 81.4. The molecule has 74 heavy (non-hydrogen) atoms. The summed E-state index contributed by atoms with van der Waals surface area (Å²) < 4.78 is 0. The third-order valence-corrected chi connectivity index (χ3v) is 28.3. The van der Waals surface area contributed by atoms with E-state index < -0.39 is 0 Å². The molecule has 0 saturated heterocycles. The van der Waals surface area contributed by atoms with Crippen molar-refractivity contribution in [2.24, 2.45) is 130 Å². The number of allylic oxidation sites excluding steroid dienone is 4. The fraction of sp³-hybridized carbons (Fsp3) is 0.946. The lowest BCUT2D eigenvalue weighted by atomic mass is 9.41. The Bertz CT molecular complexity index is 1580. The molecule has 12 atom stereocenters. The fourth-order valence-electron chi connectivity index (χ4n) is 25.4. The zero-order valence-electron chi connectivity index (χ0n) is 48.8. The molecule has 13 fully saturated rings.